The average molecular weight is 369 g/mol. The molecule has 0 spiro atoms. The number of hydrogen-bond acceptors (Lipinski definition) is 4. The average Bonchev–Trinajstić information content (AvgIpc) is 2.45. The molecule has 4 nitrogen and oxygen atoms in total. The van der Waals surface area contributed by atoms with Gasteiger partial charge in [0.15, 0.2) is 0 Å². The number of aromatic nitrogens is 2. The lowest BCUT2D eigenvalue weighted by molar-refractivity contribution is 0.298. The number of anilines is 1. The van der Waals surface area contributed by atoms with E-state index in [4.69, 9.17) is 4.74 Å². The smallest absolute Gasteiger partial charge is 0.144 e. The lowest BCUT2D eigenvalue weighted by atomic mass is 10.3. The maximum atomic E-state index is 5.71. The Bertz CT molecular complexity index is 516. The minimum absolute atomic E-state index is 0.432. The van der Waals surface area contributed by atoms with E-state index in [1.165, 1.54) is 0 Å². The molecule has 5 heteroatoms. The Hall–Kier alpha value is -1.37. The summed E-state index contributed by atoms with van der Waals surface area (Å²) in [6, 6.07) is 7.91. The van der Waals surface area contributed by atoms with Crippen LogP contribution in [0.15, 0.2) is 36.7 Å². The third kappa shape index (κ3) is 4.34. The van der Waals surface area contributed by atoms with Gasteiger partial charge in [-0.05, 0) is 41.1 Å². The van der Waals surface area contributed by atoms with Gasteiger partial charge in [0, 0.05) is 6.54 Å². The highest BCUT2D eigenvalue weighted by atomic mass is 127. The van der Waals surface area contributed by atoms with Gasteiger partial charge in [0.25, 0.3) is 0 Å². The molecule has 0 aliphatic carbocycles. The van der Waals surface area contributed by atoms with Crippen molar-refractivity contribution in [2.45, 2.75) is 20.0 Å². The van der Waals surface area contributed by atoms with E-state index >= 15 is 0 Å². The van der Waals surface area contributed by atoms with Crippen LogP contribution in [-0.4, -0.2) is 16.5 Å². The van der Waals surface area contributed by atoms with Crippen molar-refractivity contribution in [1.29, 1.82) is 0 Å². The summed E-state index contributed by atoms with van der Waals surface area (Å²) in [5, 5.41) is 3.19. The zero-order valence-corrected chi connectivity index (χ0v) is 12.9. The first-order valence-corrected chi connectivity index (χ1v) is 7.29. The van der Waals surface area contributed by atoms with Gasteiger partial charge in [0.2, 0.25) is 0 Å². The first-order chi connectivity index (χ1) is 9.29. The number of halogens is 1. The number of rotatable bonds is 6. The molecule has 1 N–H and O–H groups in total. The highest BCUT2D eigenvalue weighted by Crippen LogP contribution is 2.20. The summed E-state index contributed by atoms with van der Waals surface area (Å²) in [6.07, 6.45) is 4.55. The summed E-state index contributed by atoms with van der Waals surface area (Å²) >= 11 is 2.25. The van der Waals surface area contributed by atoms with E-state index in [-0.39, 0.29) is 0 Å². The summed E-state index contributed by atoms with van der Waals surface area (Å²) in [5.74, 6) is 1.68. The number of benzene rings is 1. The monoisotopic (exact) mass is 369 g/mol. The van der Waals surface area contributed by atoms with Crippen molar-refractivity contribution in [3.05, 3.63) is 45.9 Å². The van der Waals surface area contributed by atoms with Crippen LogP contribution in [0.5, 0.6) is 5.75 Å². The van der Waals surface area contributed by atoms with Gasteiger partial charge < -0.3 is 10.1 Å². The Morgan fingerprint density at radius 3 is 2.74 bits per heavy atom. The summed E-state index contributed by atoms with van der Waals surface area (Å²) in [5.41, 5.74) is 0.821. The van der Waals surface area contributed by atoms with Gasteiger partial charge in [-0.1, -0.05) is 19.1 Å². The van der Waals surface area contributed by atoms with Crippen LogP contribution in [0.1, 0.15) is 19.0 Å². The molecule has 0 aliphatic heterocycles. The minimum Gasteiger partial charge on any atom is -0.486 e. The van der Waals surface area contributed by atoms with Gasteiger partial charge in [-0.25, -0.2) is 4.98 Å². The number of nitrogens with zero attached hydrogens (tertiary/aromatic N) is 2. The van der Waals surface area contributed by atoms with Gasteiger partial charge in [-0.3, -0.25) is 4.98 Å². The zero-order valence-electron chi connectivity index (χ0n) is 10.8. The molecule has 1 heterocycles. The van der Waals surface area contributed by atoms with E-state index < -0.39 is 0 Å². The van der Waals surface area contributed by atoms with Crippen molar-refractivity contribution in [2.24, 2.45) is 0 Å². The Balaban J connectivity index is 1.91. The fourth-order valence-electron chi connectivity index (χ4n) is 1.49. The molecule has 0 amide bonds. The van der Waals surface area contributed by atoms with E-state index in [1.807, 2.05) is 24.3 Å². The second-order valence-electron chi connectivity index (χ2n) is 4.04. The largest absolute Gasteiger partial charge is 0.486 e. The van der Waals surface area contributed by atoms with Crippen LogP contribution in [0.25, 0.3) is 0 Å². The number of nitrogens with one attached hydrogen (secondary N) is 1. The van der Waals surface area contributed by atoms with E-state index in [9.17, 15) is 0 Å². The molecule has 1 aromatic carbocycles. The van der Waals surface area contributed by atoms with Gasteiger partial charge in [0.05, 0.1) is 21.7 Å². The lowest BCUT2D eigenvalue weighted by Gasteiger charge is -2.08. The maximum absolute atomic E-state index is 5.71. The second-order valence-corrected chi connectivity index (χ2v) is 5.20. The van der Waals surface area contributed by atoms with Crippen LogP contribution in [0.3, 0.4) is 0 Å². The zero-order chi connectivity index (χ0) is 13.5. The molecule has 0 unspecified atom stereocenters. The molecule has 0 atom stereocenters. The van der Waals surface area contributed by atoms with Crippen LogP contribution in [0.2, 0.25) is 0 Å². The maximum Gasteiger partial charge on any atom is 0.144 e. The molecule has 19 heavy (non-hydrogen) atoms. The highest BCUT2D eigenvalue weighted by Gasteiger charge is 2.01. The molecular weight excluding hydrogens is 353 g/mol. The molecule has 0 bridgehead atoms. The second kappa shape index (κ2) is 7.28. The summed E-state index contributed by atoms with van der Waals surface area (Å²) < 4.78 is 6.81. The molecule has 2 rings (SSSR count). The third-order valence-electron chi connectivity index (χ3n) is 2.47. The topological polar surface area (TPSA) is 47.0 Å². The molecule has 100 valence electrons. The van der Waals surface area contributed by atoms with Gasteiger partial charge in [0.1, 0.15) is 18.2 Å². The SMILES string of the molecule is CCCNc1cnc(COc2ccccc2I)cn1. The van der Waals surface area contributed by atoms with Crippen LogP contribution < -0.4 is 10.1 Å². The quantitative estimate of drug-likeness (QED) is 0.792. The van der Waals surface area contributed by atoms with Crippen molar-refractivity contribution in [2.75, 3.05) is 11.9 Å². The highest BCUT2D eigenvalue weighted by molar-refractivity contribution is 14.1. The first kappa shape index (κ1) is 14.0. The van der Waals surface area contributed by atoms with Gasteiger partial charge in [-0.15, -0.1) is 0 Å². The minimum atomic E-state index is 0.432. The Labute approximate surface area is 126 Å². The summed E-state index contributed by atoms with van der Waals surface area (Å²) in [4.78, 5) is 8.62. The number of hydrogen-bond donors (Lipinski definition) is 1. The van der Waals surface area contributed by atoms with Crippen molar-refractivity contribution >= 4 is 28.4 Å². The lowest BCUT2D eigenvalue weighted by Crippen LogP contribution is -2.05. The van der Waals surface area contributed by atoms with Gasteiger partial charge in [-0.2, -0.15) is 0 Å². The van der Waals surface area contributed by atoms with Crippen LogP contribution in [-0.2, 0) is 6.61 Å². The number of para-hydroxylation sites is 1. The Kier molecular flexibility index (Phi) is 5.38. The fourth-order valence-corrected chi connectivity index (χ4v) is 2.03. The first-order valence-electron chi connectivity index (χ1n) is 6.21. The van der Waals surface area contributed by atoms with E-state index in [0.29, 0.717) is 6.61 Å². The van der Waals surface area contributed by atoms with Crippen LogP contribution >= 0.6 is 22.6 Å². The molecule has 0 saturated heterocycles. The fraction of sp³-hybridized carbons (Fsp3) is 0.286. The van der Waals surface area contributed by atoms with Crippen molar-refractivity contribution in [1.82, 2.24) is 9.97 Å². The van der Waals surface area contributed by atoms with Crippen molar-refractivity contribution in [3.63, 3.8) is 0 Å². The molecule has 0 radical (unpaired) electrons. The van der Waals surface area contributed by atoms with Crippen LogP contribution in [0, 0.1) is 3.57 Å². The Morgan fingerprint density at radius 2 is 2.05 bits per heavy atom. The number of ether oxygens (including phenoxy) is 1. The van der Waals surface area contributed by atoms with E-state index in [0.717, 1.165) is 33.8 Å². The molecular formula is C14H16IN3O. The molecule has 1 aromatic heterocycles. The van der Waals surface area contributed by atoms with Crippen molar-refractivity contribution < 1.29 is 4.74 Å². The Morgan fingerprint density at radius 1 is 1.21 bits per heavy atom. The van der Waals surface area contributed by atoms with Crippen molar-refractivity contribution in [3.8, 4) is 5.75 Å². The summed E-state index contributed by atoms with van der Waals surface area (Å²) in [7, 11) is 0. The molecule has 0 saturated carbocycles. The normalized spacial score (nSPS) is 10.2. The molecule has 0 fully saturated rings. The third-order valence-corrected chi connectivity index (χ3v) is 3.36. The predicted molar refractivity (Wildman–Crippen MR) is 84.3 cm³/mol. The van der Waals surface area contributed by atoms with E-state index in [2.05, 4.69) is 44.8 Å². The van der Waals surface area contributed by atoms with Gasteiger partial charge >= 0.3 is 0 Å². The van der Waals surface area contributed by atoms with Crippen LogP contribution in [0.4, 0.5) is 5.82 Å². The standard InChI is InChI=1S/C14H16IN3O/c1-2-7-16-14-9-17-11(8-18-14)10-19-13-6-4-3-5-12(13)15/h3-6,8-9H,2,7,10H2,1H3,(H,16,18). The molecule has 2 aromatic rings. The van der Waals surface area contributed by atoms with E-state index in [1.54, 1.807) is 12.4 Å². The molecule has 0 aliphatic rings. The summed E-state index contributed by atoms with van der Waals surface area (Å²) in [6.45, 7) is 3.46. The predicted octanol–water partition coefficient (Wildman–Crippen LogP) is 3.48.